The van der Waals surface area contributed by atoms with E-state index in [9.17, 15) is 27.9 Å². The molecule has 0 saturated heterocycles. The molecular formula is C23H29N3O7S. The van der Waals surface area contributed by atoms with Crippen LogP contribution in [-0.4, -0.2) is 73.9 Å². The van der Waals surface area contributed by atoms with E-state index in [1.165, 1.54) is 69.4 Å². The molecule has 0 aliphatic heterocycles. The van der Waals surface area contributed by atoms with Crippen LogP contribution in [0.3, 0.4) is 0 Å². The molecule has 0 heterocycles. The molecule has 0 saturated carbocycles. The van der Waals surface area contributed by atoms with Crippen molar-refractivity contribution < 1.29 is 32.6 Å². The lowest BCUT2D eigenvalue weighted by Gasteiger charge is -2.30. The van der Waals surface area contributed by atoms with Crippen molar-refractivity contribution in [2.24, 2.45) is 0 Å². The minimum Gasteiger partial charge on any atom is -0.480 e. The fraction of sp³-hybridized carbons (Fsp3) is 0.348. The van der Waals surface area contributed by atoms with Crippen LogP contribution < -0.4 is 10.1 Å². The van der Waals surface area contributed by atoms with Crippen LogP contribution in [0.2, 0.25) is 0 Å². The first kappa shape index (κ1) is 26.8. The van der Waals surface area contributed by atoms with Crippen molar-refractivity contribution in [3.05, 3.63) is 59.7 Å². The Kier molecular flexibility index (Phi) is 8.77. The molecule has 0 unspecified atom stereocenters. The summed E-state index contributed by atoms with van der Waals surface area (Å²) >= 11 is 0. The number of benzene rings is 2. The minimum atomic E-state index is -4.48. The highest BCUT2D eigenvalue weighted by Gasteiger charge is 2.41. The number of nitrogens with zero attached hydrogens (tertiary/aromatic N) is 2. The van der Waals surface area contributed by atoms with Gasteiger partial charge in [0.2, 0.25) is 0 Å². The lowest BCUT2D eigenvalue weighted by atomic mass is 10.1. The highest BCUT2D eigenvalue weighted by Crippen LogP contribution is 2.23. The topological polar surface area (TPSA) is 133 Å². The number of hydrogen-bond acceptors (Lipinski definition) is 7. The van der Waals surface area contributed by atoms with E-state index in [4.69, 9.17) is 4.74 Å². The monoisotopic (exact) mass is 491 g/mol. The molecule has 0 spiro atoms. The van der Waals surface area contributed by atoms with Gasteiger partial charge in [0.15, 0.2) is 0 Å². The van der Waals surface area contributed by atoms with Gasteiger partial charge in [-0.05, 0) is 50.7 Å². The molecule has 0 radical (unpaired) electrons. The summed E-state index contributed by atoms with van der Waals surface area (Å²) in [4.78, 5) is 38.1. The van der Waals surface area contributed by atoms with Gasteiger partial charge in [-0.25, -0.2) is 22.3 Å². The second kappa shape index (κ2) is 11.1. The second-order valence-corrected chi connectivity index (χ2v) is 9.74. The Morgan fingerprint density at radius 2 is 1.59 bits per heavy atom. The summed E-state index contributed by atoms with van der Waals surface area (Å²) in [6, 6.07) is 9.11. The van der Waals surface area contributed by atoms with Crippen molar-refractivity contribution in [3.8, 4) is 5.75 Å². The minimum absolute atomic E-state index is 0.188. The van der Waals surface area contributed by atoms with Gasteiger partial charge in [0, 0.05) is 20.5 Å². The van der Waals surface area contributed by atoms with Gasteiger partial charge in [-0.15, -0.1) is 0 Å². The van der Waals surface area contributed by atoms with E-state index < -0.39 is 40.1 Å². The van der Waals surface area contributed by atoms with Crippen molar-refractivity contribution in [1.29, 1.82) is 0 Å². The smallest absolute Gasteiger partial charge is 0.414 e. The molecule has 184 valence electrons. The summed E-state index contributed by atoms with van der Waals surface area (Å²) in [5.74, 6) is -2.14. The van der Waals surface area contributed by atoms with Gasteiger partial charge < -0.3 is 20.1 Å². The van der Waals surface area contributed by atoms with Crippen LogP contribution in [0.1, 0.15) is 18.1 Å². The van der Waals surface area contributed by atoms with Gasteiger partial charge in [-0.1, -0.05) is 29.8 Å². The van der Waals surface area contributed by atoms with E-state index in [1.54, 1.807) is 19.1 Å². The number of likely N-dealkylation sites (N-methyl/N-ethyl adjacent to an activating group) is 1. The van der Waals surface area contributed by atoms with E-state index in [0.29, 0.717) is 9.87 Å². The number of carboxylic acid groups (broad SMARTS) is 1. The zero-order chi connectivity index (χ0) is 25.6. The van der Waals surface area contributed by atoms with E-state index in [1.807, 2.05) is 0 Å². The van der Waals surface area contributed by atoms with Gasteiger partial charge in [0.25, 0.3) is 15.9 Å². The largest absolute Gasteiger partial charge is 0.480 e. The van der Waals surface area contributed by atoms with E-state index in [2.05, 4.69) is 5.32 Å². The summed E-state index contributed by atoms with van der Waals surface area (Å²) in [6.45, 7) is 3.23. The van der Waals surface area contributed by atoms with Crippen LogP contribution in [0.25, 0.3) is 0 Å². The van der Waals surface area contributed by atoms with Gasteiger partial charge in [0.05, 0.1) is 10.9 Å². The first-order valence-electron chi connectivity index (χ1n) is 10.4. The first-order chi connectivity index (χ1) is 15.9. The average molecular weight is 492 g/mol. The molecule has 2 rings (SSSR count). The number of carbonyl (C=O) groups excluding carboxylic acids is 2. The predicted molar refractivity (Wildman–Crippen MR) is 125 cm³/mol. The summed E-state index contributed by atoms with van der Waals surface area (Å²) < 4.78 is 32.4. The molecule has 0 bridgehead atoms. The van der Waals surface area contributed by atoms with Crippen molar-refractivity contribution in [2.75, 3.05) is 21.1 Å². The normalized spacial score (nSPS) is 13.0. The maximum Gasteiger partial charge on any atom is 0.414 e. The fourth-order valence-electron chi connectivity index (χ4n) is 2.96. The molecular weight excluding hydrogens is 462 g/mol. The van der Waals surface area contributed by atoms with Crippen molar-refractivity contribution in [1.82, 2.24) is 14.5 Å². The number of aryl methyl sites for hydroxylation is 1. The van der Waals surface area contributed by atoms with Crippen LogP contribution in [0.4, 0.5) is 4.79 Å². The highest BCUT2D eigenvalue weighted by molar-refractivity contribution is 7.89. The van der Waals surface area contributed by atoms with Gasteiger partial charge >= 0.3 is 12.1 Å². The van der Waals surface area contributed by atoms with Crippen molar-refractivity contribution in [2.45, 2.75) is 37.2 Å². The number of aliphatic carboxylic acids is 1. The molecule has 2 N–H and O–H groups in total. The number of carboxylic acids is 1. The Balaban J connectivity index is 2.45. The summed E-state index contributed by atoms with van der Waals surface area (Å²) in [5, 5.41) is 12.6. The number of nitrogens with one attached hydrogen (secondary N) is 1. The quantitative estimate of drug-likeness (QED) is 0.543. The number of hydrogen-bond donors (Lipinski definition) is 2. The Labute approximate surface area is 199 Å². The molecule has 10 nitrogen and oxygen atoms in total. The Morgan fingerprint density at radius 1 is 1.03 bits per heavy atom. The number of ether oxygens (including phenoxy) is 1. The molecule has 2 aromatic carbocycles. The summed E-state index contributed by atoms with van der Waals surface area (Å²) in [7, 11) is 0.0493. The van der Waals surface area contributed by atoms with Gasteiger partial charge in [0.1, 0.15) is 11.8 Å². The standard InChI is InChI=1S/C23H29N3O7S/c1-15-6-12-19(13-7-15)34(31,32)26(21(27)16(2)24-3)20(22(28)29)14-17-8-10-18(11-9-17)33-23(30)25(4)5/h6-13,16,20,24H,14H2,1-5H3,(H,28,29)/t16-,20-/m0/s1. The van der Waals surface area contributed by atoms with Crippen LogP contribution in [0.5, 0.6) is 5.75 Å². The predicted octanol–water partition coefficient (Wildman–Crippen LogP) is 1.88. The SMILES string of the molecule is CN[C@@H](C)C(=O)N([C@@H](Cc1ccc(OC(=O)N(C)C)cc1)C(=O)O)S(=O)(=O)c1ccc(C)cc1. The third kappa shape index (κ3) is 6.33. The number of amides is 2. The van der Waals surface area contributed by atoms with Crippen LogP contribution in [0.15, 0.2) is 53.4 Å². The molecule has 2 amide bonds. The average Bonchev–Trinajstić information content (AvgIpc) is 2.79. The zero-order valence-electron chi connectivity index (χ0n) is 19.7. The lowest BCUT2D eigenvalue weighted by Crippen LogP contribution is -2.54. The Hall–Kier alpha value is -3.44. The van der Waals surface area contributed by atoms with Crippen molar-refractivity contribution in [3.63, 3.8) is 0 Å². The van der Waals surface area contributed by atoms with Crippen LogP contribution >= 0.6 is 0 Å². The summed E-state index contributed by atoms with van der Waals surface area (Å²) in [5.41, 5.74) is 1.25. The van der Waals surface area contributed by atoms with Crippen LogP contribution in [-0.2, 0) is 26.0 Å². The van der Waals surface area contributed by atoms with E-state index in [0.717, 1.165) is 5.56 Å². The van der Waals surface area contributed by atoms with Crippen LogP contribution in [0, 0.1) is 6.92 Å². The molecule has 11 heteroatoms. The first-order valence-corrected chi connectivity index (χ1v) is 11.9. The molecule has 0 aliphatic carbocycles. The highest BCUT2D eigenvalue weighted by atomic mass is 32.2. The Bertz CT molecular complexity index is 1130. The number of carbonyl (C=O) groups is 3. The van der Waals surface area contributed by atoms with Gasteiger partial charge in [-0.3, -0.25) is 4.79 Å². The lowest BCUT2D eigenvalue weighted by molar-refractivity contribution is -0.146. The Morgan fingerprint density at radius 3 is 2.06 bits per heavy atom. The molecule has 2 atom stereocenters. The molecule has 0 aliphatic rings. The molecule has 0 fully saturated rings. The molecule has 2 aromatic rings. The fourth-order valence-corrected chi connectivity index (χ4v) is 4.56. The van der Waals surface area contributed by atoms with E-state index >= 15 is 0 Å². The molecule has 34 heavy (non-hydrogen) atoms. The number of rotatable bonds is 9. The second-order valence-electron chi connectivity index (χ2n) is 7.93. The van der Waals surface area contributed by atoms with E-state index in [-0.39, 0.29) is 17.1 Å². The summed E-state index contributed by atoms with van der Waals surface area (Å²) in [6.07, 6.45) is -0.872. The zero-order valence-corrected chi connectivity index (χ0v) is 20.5. The molecule has 0 aromatic heterocycles. The number of sulfonamides is 1. The third-order valence-electron chi connectivity index (χ3n) is 5.09. The third-order valence-corrected chi connectivity index (χ3v) is 6.91. The van der Waals surface area contributed by atoms with Crippen molar-refractivity contribution >= 4 is 28.0 Å². The van der Waals surface area contributed by atoms with Gasteiger partial charge in [-0.2, -0.15) is 0 Å². The maximum atomic E-state index is 13.4. The maximum absolute atomic E-state index is 13.4.